The predicted octanol–water partition coefficient (Wildman–Crippen LogP) is 3.75. The molecular formula is C16H14BrN3O. The van der Waals surface area contributed by atoms with Gasteiger partial charge in [-0.05, 0) is 24.3 Å². The minimum Gasteiger partial charge on any atom is -0.493 e. The molecule has 1 atom stereocenters. The van der Waals surface area contributed by atoms with E-state index < -0.39 is 0 Å². The molecule has 0 fully saturated rings. The van der Waals surface area contributed by atoms with Crippen LogP contribution in [0.2, 0.25) is 0 Å². The summed E-state index contributed by atoms with van der Waals surface area (Å²) in [5, 5.41) is 0. The van der Waals surface area contributed by atoms with Gasteiger partial charge in [-0.25, -0.2) is 4.98 Å². The number of para-hydroxylation sites is 1. The molecule has 4 rings (SSSR count). The van der Waals surface area contributed by atoms with Crippen LogP contribution in [0.1, 0.15) is 18.0 Å². The second-order valence-electron chi connectivity index (χ2n) is 5.16. The fourth-order valence-corrected chi connectivity index (χ4v) is 3.36. The summed E-state index contributed by atoms with van der Waals surface area (Å²) < 4.78 is 8.86. The summed E-state index contributed by atoms with van der Waals surface area (Å²) in [6.07, 6.45) is 0.892. The van der Waals surface area contributed by atoms with E-state index in [0.29, 0.717) is 12.6 Å². The van der Waals surface area contributed by atoms with Gasteiger partial charge in [0.2, 0.25) is 5.95 Å². The van der Waals surface area contributed by atoms with Crippen molar-refractivity contribution in [2.75, 3.05) is 12.3 Å². The van der Waals surface area contributed by atoms with Crippen LogP contribution in [-0.4, -0.2) is 16.2 Å². The molecule has 2 heterocycles. The van der Waals surface area contributed by atoms with Crippen LogP contribution in [0.5, 0.6) is 5.75 Å². The van der Waals surface area contributed by atoms with E-state index in [0.717, 1.165) is 33.2 Å². The zero-order valence-electron chi connectivity index (χ0n) is 11.3. The second-order valence-corrected chi connectivity index (χ2v) is 6.08. The van der Waals surface area contributed by atoms with Gasteiger partial charge in [-0.15, -0.1) is 0 Å². The SMILES string of the molecule is Nc1nc2cc(Br)ccc2n1C1CCOc2ccccc21. The third-order valence-electron chi connectivity index (χ3n) is 3.92. The van der Waals surface area contributed by atoms with E-state index in [2.05, 4.69) is 37.6 Å². The van der Waals surface area contributed by atoms with E-state index in [4.69, 9.17) is 10.5 Å². The molecule has 0 spiro atoms. The van der Waals surface area contributed by atoms with Crippen LogP contribution in [0.25, 0.3) is 11.0 Å². The van der Waals surface area contributed by atoms with Crippen LogP contribution in [-0.2, 0) is 0 Å². The number of rotatable bonds is 1. The molecule has 0 saturated carbocycles. The Bertz CT molecular complexity index is 828. The first kappa shape index (κ1) is 12.7. The van der Waals surface area contributed by atoms with Crippen molar-refractivity contribution in [1.82, 2.24) is 9.55 Å². The van der Waals surface area contributed by atoms with Crippen molar-refractivity contribution in [3.8, 4) is 5.75 Å². The number of nitrogens with zero attached hydrogens (tertiary/aromatic N) is 2. The topological polar surface area (TPSA) is 53.1 Å². The molecule has 5 heteroatoms. The first-order valence-corrected chi connectivity index (χ1v) is 7.68. The van der Waals surface area contributed by atoms with Gasteiger partial charge in [-0.2, -0.15) is 0 Å². The molecule has 1 aromatic heterocycles. The van der Waals surface area contributed by atoms with Crippen molar-refractivity contribution in [3.63, 3.8) is 0 Å². The summed E-state index contributed by atoms with van der Waals surface area (Å²) in [6.45, 7) is 0.692. The third kappa shape index (κ3) is 2.00. The number of ether oxygens (including phenoxy) is 1. The van der Waals surface area contributed by atoms with Gasteiger partial charge in [0.25, 0.3) is 0 Å². The van der Waals surface area contributed by atoms with Crippen LogP contribution >= 0.6 is 15.9 Å². The van der Waals surface area contributed by atoms with Crippen molar-refractivity contribution in [2.45, 2.75) is 12.5 Å². The standard InChI is InChI=1S/C16H14BrN3O/c17-10-5-6-14-12(9-10)19-16(18)20(14)13-7-8-21-15-4-2-1-3-11(13)15/h1-6,9,13H,7-8H2,(H2,18,19). The normalized spacial score (nSPS) is 17.5. The lowest BCUT2D eigenvalue weighted by Crippen LogP contribution is -2.21. The smallest absolute Gasteiger partial charge is 0.201 e. The highest BCUT2D eigenvalue weighted by Gasteiger charge is 2.25. The van der Waals surface area contributed by atoms with Crippen LogP contribution in [0.4, 0.5) is 5.95 Å². The van der Waals surface area contributed by atoms with E-state index in [9.17, 15) is 0 Å². The summed E-state index contributed by atoms with van der Waals surface area (Å²) in [7, 11) is 0. The van der Waals surface area contributed by atoms with E-state index in [1.807, 2.05) is 30.3 Å². The Morgan fingerprint density at radius 1 is 1.24 bits per heavy atom. The molecule has 21 heavy (non-hydrogen) atoms. The summed E-state index contributed by atoms with van der Waals surface area (Å²) in [6, 6.07) is 14.4. The zero-order chi connectivity index (χ0) is 14.4. The van der Waals surface area contributed by atoms with Gasteiger partial charge in [0.05, 0.1) is 23.7 Å². The van der Waals surface area contributed by atoms with E-state index in [1.54, 1.807) is 0 Å². The minimum absolute atomic E-state index is 0.168. The Morgan fingerprint density at radius 3 is 3.00 bits per heavy atom. The van der Waals surface area contributed by atoms with Gasteiger partial charge < -0.3 is 15.0 Å². The van der Waals surface area contributed by atoms with Crippen LogP contribution in [0.15, 0.2) is 46.9 Å². The number of aromatic nitrogens is 2. The Labute approximate surface area is 130 Å². The molecular weight excluding hydrogens is 330 g/mol. The third-order valence-corrected chi connectivity index (χ3v) is 4.41. The van der Waals surface area contributed by atoms with Crippen LogP contribution < -0.4 is 10.5 Å². The van der Waals surface area contributed by atoms with Gasteiger partial charge >= 0.3 is 0 Å². The van der Waals surface area contributed by atoms with Crippen molar-refractivity contribution in [3.05, 3.63) is 52.5 Å². The maximum Gasteiger partial charge on any atom is 0.201 e. The molecule has 2 aromatic carbocycles. The molecule has 0 saturated heterocycles. The Hall–Kier alpha value is -2.01. The zero-order valence-corrected chi connectivity index (χ0v) is 12.9. The Morgan fingerprint density at radius 2 is 2.10 bits per heavy atom. The van der Waals surface area contributed by atoms with Crippen molar-refractivity contribution in [1.29, 1.82) is 0 Å². The lowest BCUT2D eigenvalue weighted by molar-refractivity contribution is 0.259. The van der Waals surface area contributed by atoms with E-state index in [1.165, 1.54) is 0 Å². The van der Waals surface area contributed by atoms with E-state index >= 15 is 0 Å². The maximum atomic E-state index is 6.19. The summed E-state index contributed by atoms with van der Waals surface area (Å²) in [4.78, 5) is 4.49. The van der Waals surface area contributed by atoms with Crippen LogP contribution in [0.3, 0.4) is 0 Å². The Balaban J connectivity index is 1.94. The molecule has 3 aromatic rings. The first-order chi connectivity index (χ1) is 10.2. The average molecular weight is 344 g/mol. The van der Waals surface area contributed by atoms with Gasteiger partial charge in [0, 0.05) is 16.5 Å². The fraction of sp³-hybridized carbons (Fsp3) is 0.188. The lowest BCUT2D eigenvalue weighted by atomic mass is 10.00. The minimum atomic E-state index is 0.168. The lowest BCUT2D eigenvalue weighted by Gasteiger charge is -2.28. The molecule has 2 N–H and O–H groups in total. The number of anilines is 1. The summed E-state index contributed by atoms with van der Waals surface area (Å²) in [5.74, 6) is 1.48. The molecule has 0 aliphatic carbocycles. The Kier molecular flexibility index (Phi) is 2.89. The quantitative estimate of drug-likeness (QED) is 0.731. The van der Waals surface area contributed by atoms with Crippen LogP contribution in [0, 0.1) is 0 Å². The number of hydrogen-bond donors (Lipinski definition) is 1. The predicted molar refractivity (Wildman–Crippen MR) is 86.5 cm³/mol. The summed E-state index contributed by atoms with van der Waals surface area (Å²) in [5.41, 5.74) is 9.31. The largest absolute Gasteiger partial charge is 0.493 e. The van der Waals surface area contributed by atoms with E-state index in [-0.39, 0.29) is 6.04 Å². The maximum absolute atomic E-state index is 6.19. The highest BCUT2D eigenvalue weighted by Crippen LogP contribution is 2.38. The average Bonchev–Trinajstić information content (AvgIpc) is 2.81. The van der Waals surface area contributed by atoms with Crippen molar-refractivity contribution < 1.29 is 4.74 Å². The fourth-order valence-electron chi connectivity index (χ4n) is 3.01. The number of benzene rings is 2. The molecule has 1 aliphatic heterocycles. The summed E-state index contributed by atoms with van der Waals surface area (Å²) >= 11 is 3.48. The van der Waals surface area contributed by atoms with Gasteiger partial charge in [-0.3, -0.25) is 0 Å². The van der Waals surface area contributed by atoms with Gasteiger partial charge in [0.1, 0.15) is 5.75 Å². The monoisotopic (exact) mass is 343 g/mol. The molecule has 0 radical (unpaired) electrons. The van der Waals surface area contributed by atoms with Crippen molar-refractivity contribution in [2.24, 2.45) is 0 Å². The number of fused-ring (bicyclic) bond motifs is 2. The molecule has 0 amide bonds. The van der Waals surface area contributed by atoms with Gasteiger partial charge in [-0.1, -0.05) is 34.1 Å². The number of nitrogen functional groups attached to an aromatic ring is 1. The molecule has 4 nitrogen and oxygen atoms in total. The molecule has 0 bridgehead atoms. The molecule has 1 unspecified atom stereocenters. The molecule has 106 valence electrons. The molecule has 1 aliphatic rings. The van der Waals surface area contributed by atoms with Crippen molar-refractivity contribution >= 4 is 32.9 Å². The number of hydrogen-bond acceptors (Lipinski definition) is 3. The second kappa shape index (κ2) is 4.77. The number of imidazole rings is 1. The highest BCUT2D eigenvalue weighted by atomic mass is 79.9. The van der Waals surface area contributed by atoms with Gasteiger partial charge in [0.15, 0.2) is 0 Å². The first-order valence-electron chi connectivity index (χ1n) is 6.89. The highest BCUT2D eigenvalue weighted by molar-refractivity contribution is 9.10. The number of halogens is 1. The number of nitrogens with two attached hydrogens (primary N) is 1.